The molecule has 0 saturated heterocycles. The van der Waals surface area contributed by atoms with E-state index in [2.05, 4.69) is 10.3 Å². The molecule has 136 valence electrons. The first kappa shape index (κ1) is 17.2. The molecule has 7 heteroatoms. The van der Waals surface area contributed by atoms with Gasteiger partial charge in [0.2, 0.25) is 0 Å². The van der Waals surface area contributed by atoms with Crippen LogP contribution in [0.5, 0.6) is 0 Å². The van der Waals surface area contributed by atoms with Crippen LogP contribution in [0, 0.1) is 6.92 Å². The molecule has 0 spiro atoms. The van der Waals surface area contributed by atoms with E-state index in [1.807, 2.05) is 47.7 Å². The molecule has 1 N–H and O–H groups in total. The number of hydrogen-bond acceptors (Lipinski definition) is 5. The topological polar surface area (TPSA) is 72.7 Å². The Balaban J connectivity index is 1.59. The first-order chi connectivity index (χ1) is 13.0. The molecule has 3 aromatic heterocycles. The third kappa shape index (κ3) is 3.29. The minimum Gasteiger partial charge on any atom is -0.462 e. The summed E-state index contributed by atoms with van der Waals surface area (Å²) in [6.07, 6.45) is 1.72. The summed E-state index contributed by atoms with van der Waals surface area (Å²) in [6, 6.07) is 13.0. The lowest BCUT2D eigenvalue weighted by Crippen LogP contribution is -2.12. The molecule has 0 fully saturated rings. The Labute approximate surface area is 159 Å². The molecule has 0 radical (unpaired) electrons. The molecule has 27 heavy (non-hydrogen) atoms. The second-order valence-corrected chi connectivity index (χ2v) is 7.14. The Hall–Kier alpha value is -3.19. The summed E-state index contributed by atoms with van der Waals surface area (Å²) in [4.78, 5) is 29.4. The van der Waals surface area contributed by atoms with Crippen LogP contribution in [0.4, 0.5) is 5.69 Å². The van der Waals surface area contributed by atoms with Crippen LogP contribution >= 0.6 is 11.3 Å². The lowest BCUT2D eigenvalue weighted by Gasteiger charge is -2.03. The van der Waals surface area contributed by atoms with E-state index in [1.165, 1.54) is 11.3 Å². The van der Waals surface area contributed by atoms with Crippen LogP contribution in [0.15, 0.2) is 48.7 Å². The van der Waals surface area contributed by atoms with E-state index in [0.29, 0.717) is 22.9 Å². The van der Waals surface area contributed by atoms with Crippen LogP contribution in [0.25, 0.3) is 15.7 Å². The maximum Gasteiger partial charge on any atom is 0.348 e. The van der Waals surface area contributed by atoms with Crippen LogP contribution < -0.4 is 5.32 Å². The predicted octanol–water partition coefficient (Wildman–Crippen LogP) is 4.29. The Bertz CT molecular complexity index is 1180. The second-order valence-electron chi connectivity index (χ2n) is 6.06. The molecule has 3 heterocycles. The summed E-state index contributed by atoms with van der Waals surface area (Å²) >= 11 is 1.37. The van der Waals surface area contributed by atoms with Crippen molar-refractivity contribution in [2.45, 2.75) is 13.8 Å². The van der Waals surface area contributed by atoms with Gasteiger partial charge in [0, 0.05) is 22.3 Å². The van der Waals surface area contributed by atoms with Gasteiger partial charge in [0.25, 0.3) is 5.91 Å². The number of amides is 1. The summed E-state index contributed by atoms with van der Waals surface area (Å²) in [7, 11) is 0. The van der Waals surface area contributed by atoms with E-state index in [4.69, 9.17) is 4.74 Å². The Morgan fingerprint density at radius 2 is 2.07 bits per heavy atom. The van der Waals surface area contributed by atoms with Gasteiger partial charge in [0.15, 0.2) is 0 Å². The molecular formula is C20H17N3O3S. The number of rotatable bonds is 4. The van der Waals surface area contributed by atoms with Crippen molar-refractivity contribution in [3.05, 3.63) is 64.9 Å². The second kappa shape index (κ2) is 6.85. The molecule has 0 aliphatic rings. The number of benzene rings is 1. The first-order valence-corrected chi connectivity index (χ1v) is 9.33. The SMILES string of the molecule is CCOC(=O)c1cc2cc(NC(=O)c3cn4c(C)cccc4n3)ccc2s1. The lowest BCUT2D eigenvalue weighted by atomic mass is 10.2. The van der Waals surface area contributed by atoms with Crippen molar-refractivity contribution in [3.8, 4) is 0 Å². The number of fused-ring (bicyclic) bond motifs is 2. The lowest BCUT2D eigenvalue weighted by molar-refractivity contribution is 0.0532. The van der Waals surface area contributed by atoms with Gasteiger partial charge in [-0.1, -0.05) is 6.07 Å². The zero-order valence-corrected chi connectivity index (χ0v) is 15.7. The number of hydrogen-bond donors (Lipinski definition) is 1. The number of nitrogens with one attached hydrogen (secondary N) is 1. The minimum absolute atomic E-state index is 0.279. The van der Waals surface area contributed by atoms with E-state index in [1.54, 1.807) is 19.2 Å². The number of esters is 1. The number of nitrogens with zero attached hydrogens (tertiary/aromatic N) is 2. The van der Waals surface area contributed by atoms with Crippen LogP contribution in [0.3, 0.4) is 0 Å². The minimum atomic E-state index is -0.329. The standard InChI is InChI=1S/C20H17N3O3S/c1-3-26-20(25)17-10-13-9-14(7-8-16(13)27-17)21-19(24)15-11-23-12(2)5-4-6-18(23)22-15/h4-11H,3H2,1-2H3,(H,21,24). The van der Waals surface area contributed by atoms with Crippen molar-refractivity contribution in [1.29, 1.82) is 0 Å². The summed E-state index contributed by atoms with van der Waals surface area (Å²) in [5.74, 6) is -0.609. The van der Waals surface area contributed by atoms with Crippen molar-refractivity contribution in [2.24, 2.45) is 0 Å². The third-order valence-corrected chi connectivity index (χ3v) is 5.28. The fourth-order valence-corrected chi connectivity index (χ4v) is 3.81. The molecule has 0 bridgehead atoms. The highest BCUT2D eigenvalue weighted by molar-refractivity contribution is 7.20. The van der Waals surface area contributed by atoms with E-state index in [-0.39, 0.29) is 11.9 Å². The first-order valence-electron chi connectivity index (χ1n) is 8.52. The van der Waals surface area contributed by atoms with Gasteiger partial charge < -0.3 is 14.5 Å². The molecule has 0 aliphatic carbocycles. The molecular weight excluding hydrogens is 362 g/mol. The van der Waals surface area contributed by atoms with Gasteiger partial charge in [0.05, 0.1) is 6.61 Å². The molecule has 4 rings (SSSR count). The highest BCUT2D eigenvalue weighted by Crippen LogP contribution is 2.29. The van der Waals surface area contributed by atoms with E-state index >= 15 is 0 Å². The average molecular weight is 379 g/mol. The van der Waals surface area contributed by atoms with Crippen LogP contribution in [0.1, 0.15) is 32.8 Å². The highest BCUT2D eigenvalue weighted by atomic mass is 32.1. The van der Waals surface area contributed by atoms with Crippen molar-refractivity contribution >= 4 is 44.6 Å². The molecule has 1 aromatic carbocycles. The van der Waals surface area contributed by atoms with Crippen LogP contribution in [-0.2, 0) is 4.74 Å². The number of anilines is 1. The molecule has 6 nitrogen and oxygen atoms in total. The normalized spacial score (nSPS) is 11.0. The molecule has 4 aromatic rings. The third-order valence-electron chi connectivity index (χ3n) is 4.18. The zero-order chi connectivity index (χ0) is 19.0. The van der Waals surface area contributed by atoms with E-state index in [0.717, 1.165) is 21.4 Å². The molecule has 1 amide bonds. The van der Waals surface area contributed by atoms with Crippen molar-refractivity contribution in [1.82, 2.24) is 9.38 Å². The van der Waals surface area contributed by atoms with Gasteiger partial charge in [-0.05, 0) is 55.6 Å². The van der Waals surface area contributed by atoms with E-state index in [9.17, 15) is 9.59 Å². The van der Waals surface area contributed by atoms with Gasteiger partial charge >= 0.3 is 5.97 Å². The number of ether oxygens (including phenoxy) is 1. The number of aromatic nitrogens is 2. The van der Waals surface area contributed by atoms with Crippen molar-refractivity contribution < 1.29 is 14.3 Å². The highest BCUT2D eigenvalue weighted by Gasteiger charge is 2.14. The van der Waals surface area contributed by atoms with Gasteiger partial charge in [-0.25, -0.2) is 9.78 Å². The zero-order valence-electron chi connectivity index (χ0n) is 14.9. The molecule has 0 unspecified atom stereocenters. The summed E-state index contributed by atoms with van der Waals surface area (Å²) in [6.45, 7) is 4.08. The quantitative estimate of drug-likeness (QED) is 0.537. The Morgan fingerprint density at radius 1 is 1.22 bits per heavy atom. The van der Waals surface area contributed by atoms with Gasteiger partial charge in [-0.15, -0.1) is 11.3 Å². The molecule has 0 aliphatic heterocycles. The maximum atomic E-state index is 12.6. The fraction of sp³-hybridized carbons (Fsp3) is 0.150. The Morgan fingerprint density at radius 3 is 2.85 bits per heavy atom. The number of aryl methyl sites for hydroxylation is 1. The predicted molar refractivity (Wildman–Crippen MR) is 106 cm³/mol. The number of carbonyl (C=O) groups excluding carboxylic acids is 2. The molecule has 0 saturated carbocycles. The van der Waals surface area contributed by atoms with E-state index < -0.39 is 0 Å². The van der Waals surface area contributed by atoms with Gasteiger partial charge in [-0.3, -0.25) is 4.79 Å². The van der Waals surface area contributed by atoms with Crippen LogP contribution in [-0.4, -0.2) is 27.9 Å². The number of carbonyl (C=O) groups is 2. The van der Waals surface area contributed by atoms with Crippen molar-refractivity contribution in [2.75, 3.05) is 11.9 Å². The number of thiophene rings is 1. The molecule has 0 atom stereocenters. The fourth-order valence-electron chi connectivity index (χ4n) is 2.88. The summed E-state index contributed by atoms with van der Waals surface area (Å²) in [5, 5.41) is 3.75. The average Bonchev–Trinajstić information content (AvgIpc) is 3.26. The van der Waals surface area contributed by atoms with Gasteiger partial charge in [-0.2, -0.15) is 0 Å². The monoisotopic (exact) mass is 379 g/mol. The van der Waals surface area contributed by atoms with Crippen LogP contribution in [0.2, 0.25) is 0 Å². The smallest absolute Gasteiger partial charge is 0.348 e. The number of pyridine rings is 1. The van der Waals surface area contributed by atoms with Gasteiger partial charge in [0.1, 0.15) is 16.2 Å². The summed E-state index contributed by atoms with van der Waals surface area (Å²) in [5.41, 5.74) is 2.73. The van der Waals surface area contributed by atoms with Crippen molar-refractivity contribution in [3.63, 3.8) is 0 Å². The Kier molecular flexibility index (Phi) is 4.37. The summed E-state index contributed by atoms with van der Waals surface area (Å²) < 4.78 is 7.88. The number of imidazole rings is 1. The largest absolute Gasteiger partial charge is 0.462 e. The maximum absolute atomic E-state index is 12.6.